The monoisotopic (exact) mass is 182 g/mol. The Bertz CT molecular complexity index is 157. The van der Waals surface area contributed by atoms with Crippen LogP contribution in [0.3, 0.4) is 0 Å². The molecule has 1 aliphatic carbocycles. The molecule has 0 saturated heterocycles. The minimum absolute atomic E-state index is 0.598. The average molecular weight is 182 g/mol. The quantitative estimate of drug-likeness (QED) is 0.549. The molecule has 0 heterocycles. The Morgan fingerprint density at radius 3 is 2.15 bits per heavy atom. The second kappa shape index (κ2) is 4.02. The van der Waals surface area contributed by atoms with E-state index in [4.69, 9.17) is 0 Å². The Morgan fingerprint density at radius 1 is 1.00 bits per heavy atom. The zero-order chi connectivity index (χ0) is 9.95. The van der Waals surface area contributed by atoms with E-state index in [9.17, 15) is 0 Å². The van der Waals surface area contributed by atoms with Crippen LogP contribution in [0.25, 0.3) is 0 Å². The second-order valence-electron chi connectivity index (χ2n) is 5.76. The molecule has 13 heavy (non-hydrogen) atoms. The van der Waals surface area contributed by atoms with Gasteiger partial charge in [0.05, 0.1) is 0 Å². The van der Waals surface area contributed by atoms with Crippen LogP contribution in [0.15, 0.2) is 0 Å². The van der Waals surface area contributed by atoms with E-state index in [-0.39, 0.29) is 0 Å². The largest absolute Gasteiger partial charge is 0.0654 e. The van der Waals surface area contributed by atoms with Gasteiger partial charge in [0.2, 0.25) is 0 Å². The highest BCUT2D eigenvalue weighted by molar-refractivity contribution is 4.94. The summed E-state index contributed by atoms with van der Waals surface area (Å²) in [6.45, 7) is 9.73. The summed E-state index contributed by atoms with van der Waals surface area (Å²) >= 11 is 0. The fourth-order valence-electron chi connectivity index (χ4n) is 2.79. The van der Waals surface area contributed by atoms with Crippen molar-refractivity contribution in [2.75, 3.05) is 0 Å². The maximum Gasteiger partial charge on any atom is -0.0275 e. The molecular formula is C13H26. The van der Waals surface area contributed by atoms with E-state index in [1.54, 1.807) is 0 Å². The van der Waals surface area contributed by atoms with Crippen molar-refractivity contribution in [3.05, 3.63) is 0 Å². The smallest absolute Gasteiger partial charge is 0.0275 e. The highest BCUT2D eigenvalue weighted by Crippen LogP contribution is 2.54. The molecule has 0 aromatic rings. The van der Waals surface area contributed by atoms with Gasteiger partial charge in [0, 0.05) is 0 Å². The fraction of sp³-hybridized carbons (Fsp3) is 1.00. The maximum absolute atomic E-state index is 2.51. The normalized spacial score (nSPS) is 32.3. The topological polar surface area (TPSA) is 0 Å². The van der Waals surface area contributed by atoms with Crippen LogP contribution in [0.5, 0.6) is 0 Å². The van der Waals surface area contributed by atoms with Crippen molar-refractivity contribution >= 4 is 0 Å². The van der Waals surface area contributed by atoms with E-state index in [0.29, 0.717) is 10.8 Å². The summed E-state index contributed by atoms with van der Waals surface area (Å²) in [5.41, 5.74) is 1.24. The molecule has 0 unspecified atom stereocenters. The SMILES string of the molecule is CCCCC[C@]1(C)CCCC1(C)C. The van der Waals surface area contributed by atoms with Crippen molar-refractivity contribution in [2.24, 2.45) is 10.8 Å². The van der Waals surface area contributed by atoms with E-state index < -0.39 is 0 Å². The Balaban J connectivity index is 2.45. The standard InChI is InChI=1S/C13H26/c1-5-6-7-10-13(4)11-8-9-12(13,2)3/h5-11H2,1-4H3/t13-/m1/s1. The Kier molecular flexibility index (Phi) is 3.43. The minimum atomic E-state index is 0.598. The summed E-state index contributed by atoms with van der Waals surface area (Å²) in [7, 11) is 0. The summed E-state index contributed by atoms with van der Waals surface area (Å²) in [5, 5.41) is 0. The first kappa shape index (κ1) is 11.1. The molecule has 0 aromatic carbocycles. The zero-order valence-corrected chi connectivity index (χ0v) is 9.95. The van der Waals surface area contributed by atoms with E-state index in [0.717, 1.165) is 0 Å². The predicted octanol–water partition coefficient (Wildman–Crippen LogP) is 4.78. The summed E-state index contributed by atoms with van der Waals surface area (Å²) in [5.74, 6) is 0. The van der Waals surface area contributed by atoms with Crippen molar-refractivity contribution in [1.82, 2.24) is 0 Å². The molecule has 0 bridgehead atoms. The summed E-state index contributed by atoms with van der Waals surface area (Å²) in [4.78, 5) is 0. The van der Waals surface area contributed by atoms with Crippen LogP contribution in [0.1, 0.15) is 72.6 Å². The van der Waals surface area contributed by atoms with E-state index in [1.165, 1.54) is 44.9 Å². The van der Waals surface area contributed by atoms with Gasteiger partial charge in [-0.2, -0.15) is 0 Å². The van der Waals surface area contributed by atoms with Gasteiger partial charge in [0.1, 0.15) is 0 Å². The maximum atomic E-state index is 2.51. The molecule has 1 fully saturated rings. The van der Waals surface area contributed by atoms with E-state index >= 15 is 0 Å². The number of hydrogen-bond donors (Lipinski definition) is 0. The van der Waals surface area contributed by atoms with Gasteiger partial charge in [-0.1, -0.05) is 53.4 Å². The molecule has 0 heteroatoms. The molecule has 0 aliphatic heterocycles. The number of rotatable bonds is 4. The third kappa shape index (κ3) is 2.27. The molecule has 0 N–H and O–H groups in total. The van der Waals surface area contributed by atoms with Gasteiger partial charge in [-0.3, -0.25) is 0 Å². The molecule has 0 aromatic heterocycles. The van der Waals surface area contributed by atoms with Crippen molar-refractivity contribution in [2.45, 2.75) is 72.6 Å². The Hall–Kier alpha value is 0. The van der Waals surface area contributed by atoms with Crippen molar-refractivity contribution < 1.29 is 0 Å². The minimum Gasteiger partial charge on any atom is -0.0654 e. The zero-order valence-electron chi connectivity index (χ0n) is 9.95. The predicted molar refractivity (Wildman–Crippen MR) is 59.9 cm³/mol. The highest BCUT2D eigenvalue weighted by Gasteiger charge is 2.43. The fourth-order valence-corrected chi connectivity index (χ4v) is 2.79. The highest BCUT2D eigenvalue weighted by atomic mass is 14.5. The van der Waals surface area contributed by atoms with Crippen LogP contribution in [0.2, 0.25) is 0 Å². The number of hydrogen-bond acceptors (Lipinski definition) is 0. The number of unbranched alkanes of at least 4 members (excludes halogenated alkanes) is 2. The van der Waals surface area contributed by atoms with Gasteiger partial charge in [-0.15, -0.1) is 0 Å². The van der Waals surface area contributed by atoms with Crippen LogP contribution < -0.4 is 0 Å². The van der Waals surface area contributed by atoms with Crippen LogP contribution in [0.4, 0.5) is 0 Å². The molecule has 0 amide bonds. The third-order valence-corrected chi connectivity index (χ3v) is 4.50. The van der Waals surface area contributed by atoms with Gasteiger partial charge in [-0.05, 0) is 30.1 Å². The van der Waals surface area contributed by atoms with Gasteiger partial charge < -0.3 is 0 Å². The van der Waals surface area contributed by atoms with Crippen molar-refractivity contribution in [1.29, 1.82) is 0 Å². The van der Waals surface area contributed by atoms with Crippen LogP contribution in [0, 0.1) is 10.8 Å². The van der Waals surface area contributed by atoms with E-state index in [1.807, 2.05) is 0 Å². The molecule has 1 rings (SSSR count). The molecule has 78 valence electrons. The summed E-state index contributed by atoms with van der Waals surface area (Å²) in [6.07, 6.45) is 10.0. The van der Waals surface area contributed by atoms with Gasteiger partial charge in [0.25, 0.3) is 0 Å². The first-order chi connectivity index (χ1) is 6.02. The Labute approximate surface area is 84.1 Å². The lowest BCUT2D eigenvalue weighted by atomic mass is 9.67. The lowest BCUT2D eigenvalue weighted by molar-refractivity contribution is 0.116. The first-order valence-corrected chi connectivity index (χ1v) is 6.02. The molecule has 0 nitrogen and oxygen atoms in total. The first-order valence-electron chi connectivity index (χ1n) is 6.02. The third-order valence-electron chi connectivity index (χ3n) is 4.50. The molecule has 1 atom stereocenters. The second-order valence-corrected chi connectivity index (χ2v) is 5.76. The van der Waals surface area contributed by atoms with Crippen LogP contribution in [-0.2, 0) is 0 Å². The molecule has 1 saturated carbocycles. The molecule has 0 spiro atoms. The molecular weight excluding hydrogens is 156 g/mol. The molecule has 1 aliphatic rings. The molecule has 0 radical (unpaired) electrons. The lowest BCUT2D eigenvalue weighted by Crippen LogP contribution is -2.29. The van der Waals surface area contributed by atoms with E-state index in [2.05, 4.69) is 27.7 Å². The average Bonchev–Trinajstić information content (AvgIpc) is 2.28. The lowest BCUT2D eigenvalue weighted by Gasteiger charge is -2.38. The van der Waals surface area contributed by atoms with Crippen LogP contribution in [-0.4, -0.2) is 0 Å². The van der Waals surface area contributed by atoms with Crippen molar-refractivity contribution in [3.8, 4) is 0 Å². The van der Waals surface area contributed by atoms with Crippen LogP contribution >= 0.6 is 0 Å². The van der Waals surface area contributed by atoms with Gasteiger partial charge in [-0.25, -0.2) is 0 Å². The Morgan fingerprint density at radius 2 is 1.69 bits per heavy atom. The van der Waals surface area contributed by atoms with Gasteiger partial charge in [0.15, 0.2) is 0 Å². The van der Waals surface area contributed by atoms with Crippen molar-refractivity contribution in [3.63, 3.8) is 0 Å². The summed E-state index contributed by atoms with van der Waals surface area (Å²) in [6, 6.07) is 0. The van der Waals surface area contributed by atoms with Gasteiger partial charge >= 0.3 is 0 Å². The summed E-state index contributed by atoms with van der Waals surface area (Å²) < 4.78 is 0.